The fourth-order valence-electron chi connectivity index (χ4n) is 1.23. The van der Waals surface area contributed by atoms with Gasteiger partial charge in [0.15, 0.2) is 0 Å². The number of ether oxygens (including phenoxy) is 1. The van der Waals surface area contributed by atoms with Gasteiger partial charge in [-0.2, -0.15) is 5.26 Å². The van der Waals surface area contributed by atoms with Gasteiger partial charge in [-0.05, 0) is 34.0 Å². The largest absolute Gasteiger partial charge is 0.465 e. The first-order chi connectivity index (χ1) is 7.20. The Balaban J connectivity index is 3.01. The molecule has 0 spiro atoms. The highest BCUT2D eigenvalue weighted by atomic mass is 79.9. The van der Waals surface area contributed by atoms with Crippen LogP contribution in [0, 0.1) is 11.3 Å². The van der Waals surface area contributed by atoms with Gasteiger partial charge >= 0.3 is 5.97 Å². The lowest BCUT2D eigenvalue weighted by Gasteiger charge is -2.06. The molecule has 15 heavy (non-hydrogen) atoms. The van der Waals surface area contributed by atoms with E-state index in [1.165, 1.54) is 7.11 Å². The van der Waals surface area contributed by atoms with Gasteiger partial charge in [0.25, 0.3) is 0 Å². The van der Waals surface area contributed by atoms with E-state index < -0.39 is 0 Å². The summed E-state index contributed by atoms with van der Waals surface area (Å²) < 4.78 is 5.36. The first kappa shape index (κ1) is 11.7. The summed E-state index contributed by atoms with van der Waals surface area (Å²) in [5.74, 6) is -0.374. The van der Waals surface area contributed by atoms with Crippen LogP contribution < -0.4 is 0 Å². The minimum atomic E-state index is -0.374. The fourth-order valence-corrected chi connectivity index (χ4v) is 1.86. The fraction of sp³-hybridized carbons (Fsp3) is 0.273. The average Bonchev–Trinajstić information content (AvgIpc) is 2.27. The van der Waals surface area contributed by atoms with Crippen molar-refractivity contribution >= 4 is 21.9 Å². The maximum Gasteiger partial charge on any atom is 0.339 e. The van der Waals surface area contributed by atoms with Crippen LogP contribution in [0.1, 0.15) is 22.3 Å². The molecule has 4 heteroatoms. The molecule has 78 valence electrons. The molecule has 0 atom stereocenters. The van der Waals surface area contributed by atoms with E-state index in [1.54, 1.807) is 12.1 Å². The standard InChI is InChI=1S/C11H10BrNO2/c1-15-11(14)9-6-2-4-8(10(9)12)5-3-7-13/h2,4,6H,3,5H2,1H3. The maximum atomic E-state index is 11.3. The number of benzene rings is 1. The molecule has 0 aliphatic heterocycles. The van der Waals surface area contributed by atoms with Crippen LogP contribution in [-0.4, -0.2) is 13.1 Å². The summed E-state index contributed by atoms with van der Waals surface area (Å²) >= 11 is 3.34. The van der Waals surface area contributed by atoms with E-state index in [0.717, 1.165) is 5.56 Å². The lowest BCUT2D eigenvalue weighted by atomic mass is 10.1. The van der Waals surface area contributed by atoms with E-state index in [9.17, 15) is 4.79 Å². The number of carbonyl (C=O) groups excluding carboxylic acids is 1. The van der Waals surface area contributed by atoms with Crippen LogP contribution in [-0.2, 0) is 11.2 Å². The van der Waals surface area contributed by atoms with Gasteiger partial charge in [0.2, 0.25) is 0 Å². The number of nitriles is 1. The van der Waals surface area contributed by atoms with Crippen LogP contribution in [0.4, 0.5) is 0 Å². The van der Waals surface area contributed by atoms with Crippen molar-refractivity contribution in [3.8, 4) is 6.07 Å². The Kier molecular flexibility index (Phi) is 4.32. The molecule has 1 aromatic rings. The molecule has 0 fully saturated rings. The second-order valence-electron chi connectivity index (χ2n) is 2.93. The summed E-state index contributed by atoms with van der Waals surface area (Å²) in [6.45, 7) is 0. The molecule has 0 bridgehead atoms. The van der Waals surface area contributed by atoms with Gasteiger partial charge in [0.1, 0.15) is 0 Å². The van der Waals surface area contributed by atoms with Gasteiger partial charge in [-0.1, -0.05) is 12.1 Å². The second kappa shape index (κ2) is 5.52. The van der Waals surface area contributed by atoms with Gasteiger partial charge < -0.3 is 4.74 Å². The molecule has 1 aromatic carbocycles. The van der Waals surface area contributed by atoms with Gasteiger partial charge in [-0.15, -0.1) is 0 Å². The molecular weight excluding hydrogens is 258 g/mol. The molecular formula is C11H10BrNO2. The molecule has 0 aliphatic carbocycles. The highest BCUT2D eigenvalue weighted by molar-refractivity contribution is 9.10. The first-order valence-electron chi connectivity index (χ1n) is 4.43. The van der Waals surface area contributed by atoms with Gasteiger partial charge in [0.05, 0.1) is 18.7 Å². The number of carbonyl (C=O) groups is 1. The third-order valence-electron chi connectivity index (χ3n) is 1.99. The van der Waals surface area contributed by atoms with Crippen LogP contribution >= 0.6 is 15.9 Å². The third-order valence-corrected chi connectivity index (χ3v) is 2.93. The van der Waals surface area contributed by atoms with Crippen molar-refractivity contribution in [2.75, 3.05) is 7.11 Å². The van der Waals surface area contributed by atoms with Crippen molar-refractivity contribution in [2.45, 2.75) is 12.8 Å². The number of halogens is 1. The quantitative estimate of drug-likeness (QED) is 0.792. The lowest BCUT2D eigenvalue weighted by Crippen LogP contribution is -2.03. The summed E-state index contributed by atoms with van der Waals surface area (Å²) in [5, 5.41) is 8.49. The molecule has 0 radical (unpaired) electrons. The van der Waals surface area contributed by atoms with E-state index in [0.29, 0.717) is 22.9 Å². The zero-order valence-electron chi connectivity index (χ0n) is 8.29. The molecule has 1 rings (SSSR count). The third kappa shape index (κ3) is 2.80. The predicted octanol–water partition coefficient (Wildman–Crippen LogP) is 2.69. The summed E-state index contributed by atoms with van der Waals surface area (Å²) in [6.07, 6.45) is 1.06. The second-order valence-corrected chi connectivity index (χ2v) is 3.72. The monoisotopic (exact) mass is 267 g/mol. The van der Waals surface area contributed by atoms with Crippen LogP contribution in [0.2, 0.25) is 0 Å². The van der Waals surface area contributed by atoms with Crippen molar-refractivity contribution in [3.05, 3.63) is 33.8 Å². The van der Waals surface area contributed by atoms with E-state index in [2.05, 4.69) is 26.7 Å². The molecule has 0 heterocycles. The predicted molar refractivity (Wildman–Crippen MR) is 59.4 cm³/mol. The SMILES string of the molecule is COC(=O)c1cccc(CCC#N)c1Br. The number of hydrogen-bond donors (Lipinski definition) is 0. The molecule has 3 nitrogen and oxygen atoms in total. The number of methoxy groups -OCH3 is 1. The van der Waals surface area contributed by atoms with Gasteiger partial charge in [0, 0.05) is 10.9 Å². The molecule has 0 saturated carbocycles. The highest BCUT2D eigenvalue weighted by Crippen LogP contribution is 2.23. The number of rotatable bonds is 3. The number of hydrogen-bond acceptors (Lipinski definition) is 3. The van der Waals surface area contributed by atoms with E-state index in [1.807, 2.05) is 6.07 Å². The Morgan fingerprint density at radius 1 is 1.60 bits per heavy atom. The topological polar surface area (TPSA) is 50.1 Å². The highest BCUT2D eigenvalue weighted by Gasteiger charge is 2.12. The number of esters is 1. The lowest BCUT2D eigenvalue weighted by molar-refractivity contribution is 0.0599. The van der Waals surface area contributed by atoms with Gasteiger partial charge in [-0.3, -0.25) is 0 Å². The Labute approximate surface area is 96.8 Å². The van der Waals surface area contributed by atoms with E-state index >= 15 is 0 Å². The number of aryl methyl sites for hydroxylation is 1. The van der Waals surface area contributed by atoms with Crippen molar-refractivity contribution in [1.29, 1.82) is 5.26 Å². The molecule has 0 aliphatic rings. The van der Waals surface area contributed by atoms with Crippen molar-refractivity contribution in [2.24, 2.45) is 0 Å². The Hall–Kier alpha value is -1.34. The molecule has 0 saturated heterocycles. The van der Waals surface area contributed by atoms with Crippen molar-refractivity contribution < 1.29 is 9.53 Å². The van der Waals surface area contributed by atoms with Crippen LogP contribution in [0.15, 0.2) is 22.7 Å². The van der Waals surface area contributed by atoms with Crippen molar-refractivity contribution in [1.82, 2.24) is 0 Å². The van der Waals surface area contributed by atoms with Crippen molar-refractivity contribution in [3.63, 3.8) is 0 Å². The summed E-state index contributed by atoms with van der Waals surface area (Å²) in [6, 6.07) is 7.42. The van der Waals surface area contributed by atoms with Crippen LogP contribution in [0.25, 0.3) is 0 Å². The molecule has 0 unspecified atom stereocenters. The summed E-state index contributed by atoms with van der Waals surface area (Å²) in [4.78, 5) is 11.3. The minimum absolute atomic E-state index is 0.374. The smallest absolute Gasteiger partial charge is 0.339 e. The summed E-state index contributed by atoms with van der Waals surface area (Å²) in [5.41, 5.74) is 1.44. The van der Waals surface area contributed by atoms with Crippen LogP contribution in [0.5, 0.6) is 0 Å². The average molecular weight is 268 g/mol. The van der Waals surface area contributed by atoms with Crippen LogP contribution in [0.3, 0.4) is 0 Å². The Bertz CT molecular complexity index is 410. The van der Waals surface area contributed by atoms with E-state index in [4.69, 9.17) is 5.26 Å². The molecule has 0 amide bonds. The zero-order valence-corrected chi connectivity index (χ0v) is 9.87. The zero-order chi connectivity index (χ0) is 11.3. The summed E-state index contributed by atoms with van der Waals surface area (Å²) in [7, 11) is 1.34. The molecule has 0 N–H and O–H groups in total. The Morgan fingerprint density at radius 2 is 2.33 bits per heavy atom. The Morgan fingerprint density at radius 3 is 2.93 bits per heavy atom. The number of nitrogens with zero attached hydrogens (tertiary/aromatic N) is 1. The first-order valence-corrected chi connectivity index (χ1v) is 5.22. The maximum absolute atomic E-state index is 11.3. The normalized spacial score (nSPS) is 9.40. The van der Waals surface area contributed by atoms with Gasteiger partial charge in [-0.25, -0.2) is 4.79 Å². The van der Waals surface area contributed by atoms with E-state index in [-0.39, 0.29) is 5.97 Å². The molecule has 0 aromatic heterocycles. The minimum Gasteiger partial charge on any atom is -0.465 e.